The average Bonchev–Trinajstić information content (AvgIpc) is 3.08. The molecule has 3 rings (SSSR count). The van der Waals surface area contributed by atoms with Crippen molar-refractivity contribution in [3.63, 3.8) is 0 Å². The molecular weight excluding hydrogens is 373 g/mol. The largest absolute Gasteiger partial charge is 0.481 e. The van der Waals surface area contributed by atoms with Gasteiger partial charge in [-0.15, -0.1) is 0 Å². The van der Waals surface area contributed by atoms with Crippen LogP contribution in [0.3, 0.4) is 0 Å². The van der Waals surface area contributed by atoms with Crippen molar-refractivity contribution < 1.29 is 27.9 Å². The minimum atomic E-state index is -4.64. The molecule has 1 aromatic rings. The van der Waals surface area contributed by atoms with E-state index >= 15 is 0 Å². The van der Waals surface area contributed by atoms with Crippen LogP contribution in [0.4, 0.5) is 13.2 Å². The van der Waals surface area contributed by atoms with E-state index in [9.17, 15) is 22.8 Å². The van der Waals surface area contributed by atoms with Crippen LogP contribution in [0.2, 0.25) is 0 Å². The topological polar surface area (TPSA) is 69.6 Å². The van der Waals surface area contributed by atoms with E-state index in [0.717, 1.165) is 5.56 Å². The van der Waals surface area contributed by atoms with Gasteiger partial charge in [0.05, 0.1) is 5.92 Å². The maximum atomic E-state index is 13.9. The van der Waals surface area contributed by atoms with Crippen LogP contribution in [0.25, 0.3) is 0 Å². The van der Waals surface area contributed by atoms with E-state index in [1.807, 2.05) is 30.3 Å². The number of halogens is 3. The summed E-state index contributed by atoms with van der Waals surface area (Å²) in [6.45, 7) is 0.213. The molecule has 154 valence electrons. The van der Waals surface area contributed by atoms with Gasteiger partial charge in [-0.2, -0.15) is 13.2 Å². The number of carbonyl (C=O) groups excluding carboxylic acids is 1. The van der Waals surface area contributed by atoms with Crippen molar-refractivity contribution in [2.24, 2.45) is 11.3 Å². The van der Waals surface area contributed by atoms with Gasteiger partial charge < -0.3 is 10.4 Å². The lowest BCUT2D eigenvalue weighted by Crippen LogP contribution is -2.55. The number of hydrogen-bond donors (Lipinski definition) is 2. The molecule has 1 saturated heterocycles. The van der Waals surface area contributed by atoms with Crippen LogP contribution >= 0.6 is 0 Å². The van der Waals surface area contributed by atoms with Gasteiger partial charge in [0.15, 0.2) is 5.41 Å². The SMILES string of the molecule is O=C(O)C1CCC(NC(=O)C2(C(F)(F)F)CCN(Cc3ccccc3)C2)CC1. The zero-order valence-electron chi connectivity index (χ0n) is 15.5. The van der Waals surface area contributed by atoms with Crippen LogP contribution in [0.15, 0.2) is 30.3 Å². The van der Waals surface area contributed by atoms with Crippen LogP contribution < -0.4 is 5.32 Å². The first kappa shape index (κ1) is 20.6. The summed E-state index contributed by atoms with van der Waals surface area (Å²) in [5.41, 5.74) is -1.50. The molecule has 1 aromatic carbocycles. The normalized spacial score (nSPS) is 28.8. The number of likely N-dealkylation sites (tertiary alicyclic amines) is 1. The van der Waals surface area contributed by atoms with Gasteiger partial charge in [-0.3, -0.25) is 14.5 Å². The van der Waals surface area contributed by atoms with Gasteiger partial charge in [0, 0.05) is 19.1 Å². The zero-order chi connectivity index (χ0) is 20.4. The van der Waals surface area contributed by atoms with Gasteiger partial charge >= 0.3 is 12.1 Å². The highest BCUT2D eigenvalue weighted by Crippen LogP contribution is 2.46. The summed E-state index contributed by atoms with van der Waals surface area (Å²) in [6.07, 6.45) is -3.37. The molecule has 1 amide bonds. The summed E-state index contributed by atoms with van der Waals surface area (Å²) in [7, 11) is 0. The number of benzene rings is 1. The van der Waals surface area contributed by atoms with Gasteiger partial charge in [0.2, 0.25) is 5.91 Å². The quantitative estimate of drug-likeness (QED) is 0.799. The molecule has 1 unspecified atom stereocenters. The Balaban J connectivity index is 1.65. The molecule has 2 aliphatic rings. The van der Waals surface area contributed by atoms with Crippen molar-refractivity contribution in [3.05, 3.63) is 35.9 Å². The zero-order valence-corrected chi connectivity index (χ0v) is 15.5. The van der Waals surface area contributed by atoms with Gasteiger partial charge in [-0.1, -0.05) is 30.3 Å². The van der Waals surface area contributed by atoms with Crippen molar-refractivity contribution in [1.82, 2.24) is 10.2 Å². The van der Waals surface area contributed by atoms with E-state index in [1.54, 1.807) is 4.90 Å². The van der Waals surface area contributed by atoms with E-state index in [4.69, 9.17) is 5.11 Å². The Morgan fingerprint density at radius 2 is 1.79 bits per heavy atom. The Hall–Kier alpha value is -2.09. The number of amides is 1. The first-order valence-electron chi connectivity index (χ1n) is 9.58. The first-order chi connectivity index (χ1) is 13.2. The molecule has 0 aromatic heterocycles. The van der Waals surface area contributed by atoms with Crippen LogP contribution in [-0.2, 0) is 16.1 Å². The molecule has 2 fully saturated rings. The van der Waals surface area contributed by atoms with Gasteiger partial charge in [0.1, 0.15) is 0 Å². The van der Waals surface area contributed by atoms with Crippen molar-refractivity contribution in [2.45, 2.75) is 50.9 Å². The molecule has 0 radical (unpaired) electrons. The van der Waals surface area contributed by atoms with Crippen molar-refractivity contribution in [2.75, 3.05) is 13.1 Å². The van der Waals surface area contributed by atoms with E-state index in [-0.39, 0.29) is 19.5 Å². The molecular formula is C20H25F3N2O3. The van der Waals surface area contributed by atoms with E-state index in [1.165, 1.54) is 0 Å². The molecule has 28 heavy (non-hydrogen) atoms. The van der Waals surface area contributed by atoms with Gasteiger partial charge in [-0.25, -0.2) is 0 Å². The van der Waals surface area contributed by atoms with Gasteiger partial charge in [-0.05, 0) is 44.2 Å². The summed E-state index contributed by atoms with van der Waals surface area (Å²) in [5.74, 6) is -2.34. The van der Waals surface area contributed by atoms with E-state index in [2.05, 4.69) is 5.32 Å². The highest BCUT2D eigenvalue weighted by molar-refractivity contribution is 5.84. The molecule has 1 heterocycles. The molecule has 5 nitrogen and oxygen atoms in total. The number of rotatable bonds is 5. The predicted octanol–water partition coefficient (Wildman–Crippen LogP) is 3.20. The second kappa shape index (κ2) is 8.11. The second-order valence-corrected chi connectivity index (χ2v) is 7.89. The van der Waals surface area contributed by atoms with E-state index in [0.29, 0.717) is 32.2 Å². The summed E-state index contributed by atoms with van der Waals surface area (Å²) < 4.78 is 41.8. The van der Waals surface area contributed by atoms with Crippen molar-refractivity contribution in [1.29, 1.82) is 0 Å². The molecule has 1 aliphatic carbocycles. The summed E-state index contributed by atoms with van der Waals surface area (Å²) in [5, 5.41) is 11.6. The fourth-order valence-corrected chi connectivity index (χ4v) is 4.22. The molecule has 0 bridgehead atoms. The highest BCUT2D eigenvalue weighted by atomic mass is 19.4. The lowest BCUT2D eigenvalue weighted by atomic mass is 9.82. The fraction of sp³-hybridized carbons (Fsp3) is 0.600. The first-order valence-corrected chi connectivity index (χ1v) is 9.58. The number of carbonyl (C=O) groups is 2. The van der Waals surface area contributed by atoms with E-state index < -0.39 is 35.4 Å². The third-order valence-electron chi connectivity index (χ3n) is 5.99. The van der Waals surface area contributed by atoms with Crippen molar-refractivity contribution >= 4 is 11.9 Å². The molecule has 1 atom stereocenters. The number of alkyl halides is 3. The second-order valence-electron chi connectivity index (χ2n) is 7.89. The Morgan fingerprint density at radius 1 is 1.14 bits per heavy atom. The predicted molar refractivity (Wildman–Crippen MR) is 96.3 cm³/mol. The number of carboxylic acid groups (broad SMARTS) is 1. The summed E-state index contributed by atoms with van der Waals surface area (Å²) in [6, 6.07) is 8.83. The Labute approximate surface area is 161 Å². The Kier molecular flexibility index (Phi) is 5.98. The molecule has 0 spiro atoms. The maximum Gasteiger partial charge on any atom is 0.404 e. The molecule has 1 saturated carbocycles. The highest BCUT2D eigenvalue weighted by Gasteiger charge is 2.63. The van der Waals surface area contributed by atoms with Crippen molar-refractivity contribution in [3.8, 4) is 0 Å². The van der Waals surface area contributed by atoms with Gasteiger partial charge in [0.25, 0.3) is 0 Å². The van der Waals surface area contributed by atoms with Crippen LogP contribution in [-0.4, -0.2) is 47.2 Å². The maximum absolute atomic E-state index is 13.9. The van der Waals surface area contributed by atoms with Crippen LogP contribution in [0, 0.1) is 11.3 Å². The molecule has 8 heteroatoms. The summed E-state index contributed by atoms with van der Waals surface area (Å²) in [4.78, 5) is 25.4. The number of nitrogens with zero attached hydrogens (tertiary/aromatic N) is 1. The van der Waals surface area contributed by atoms with Crippen LogP contribution in [0.5, 0.6) is 0 Å². The lowest BCUT2D eigenvalue weighted by molar-refractivity contribution is -0.218. The number of nitrogens with one attached hydrogen (secondary N) is 1. The summed E-state index contributed by atoms with van der Waals surface area (Å²) >= 11 is 0. The smallest absolute Gasteiger partial charge is 0.404 e. The van der Waals surface area contributed by atoms with Crippen LogP contribution in [0.1, 0.15) is 37.7 Å². The average molecular weight is 398 g/mol. The lowest BCUT2D eigenvalue weighted by Gasteiger charge is -2.34. The standard InChI is InChI=1S/C20H25F3N2O3/c21-20(22,23)19(10-11-25(13-19)12-14-4-2-1-3-5-14)18(28)24-16-8-6-15(7-9-16)17(26)27/h1-5,15-16H,6-13H2,(H,24,28)(H,26,27). The third kappa shape index (κ3) is 4.32. The minimum Gasteiger partial charge on any atom is -0.481 e. The fourth-order valence-electron chi connectivity index (χ4n) is 4.22. The number of aliphatic carboxylic acids is 1. The third-order valence-corrected chi connectivity index (χ3v) is 5.99. The minimum absolute atomic E-state index is 0.202. The number of carboxylic acids is 1. The molecule has 2 N–H and O–H groups in total. The Bertz CT molecular complexity index is 702. The molecule has 1 aliphatic heterocycles. The Morgan fingerprint density at radius 3 is 2.36 bits per heavy atom. The monoisotopic (exact) mass is 398 g/mol. The number of hydrogen-bond acceptors (Lipinski definition) is 3.